The first kappa shape index (κ1) is 19.3. The van der Waals surface area contributed by atoms with E-state index in [1.807, 2.05) is 49.4 Å². The summed E-state index contributed by atoms with van der Waals surface area (Å²) in [5, 5.41) is 4.23. The first-order chi connectivity index (χ1) is 12.2. The highest BCUT2D eigenvalue weighted by Crippen LogP contribution is 2.55. The van der Waals surface area contributed by atoms with Crippen LogP contribution in [-0.2, 0) is 4.79 Å². The van der Waals surface area contributed by atoms with E-state index in [1.54, 1.807) is 0 Å². The van der Waals surface area contributed by atoms with Crippen LogP contribution in [0.3, 0.4) is 0 Å². The van der Waals surface area contributed by atoms with Crippen molar-refractivity contribution in [2.45, 2.75) is 40.0 Å². The van der Waals surface area contributed by atoms with Crippen molar-refractivity contribution in [1.29, 1.82) is 0 Å². The Labute approximate surface area is 165 Å². The molecule has 2 aromatic carbocycles. The summed E-state index contributed by atoms with van der Waals surface area (Å²) in [7, 11) is 0. The zero-order chi connectivity index (χ0) is 19.1. The Balaban J connectivity index is 1.82. The minimum Gasteiger partial charge on any atom is -0.326 e. The number of rotatable bonds is 3. The van der Waals surface area contributed by atoms with Crippen molar-refractivity contribution in [3.63, 3.8) is 0 Å². The average Bonchev–Trinajstić information content (AvgIpc) is 2.83. The number of aryl methyl sites for hydroxylation is 1. The van der Waals surface area contributed by atoms with Gasteiger partial charge in [0.2, 0.25) is 5.91 Å². The third-order valence-corrected chi connectivity index (χ3v) is 6.91. The predicted molar refractivity (Wildman–Crippen MR) is 110 cm³/mol. The van der Waals surface area contributed by atoms with Crippen molar-refractivity contribution in [3.05, 3.63) is 63.6 Å². The lowest BCUT2D eigenvalue weighted by molar-refractivity contribution is -0.122. The van der Waals surface area contributed by atoms with E-state index in [0.717, 1.165) is 17.7 Å². The molecule has 0 bridgehead atoms. The lowest BCUT2D eigenvalue weighted by Gasteiger charge is -2.31. The van der Waals surface area contributed by atoms with Crippen LogP contribution in [-0.4, -0.2) is 5.91 Å². The molecule has 3 atom stereocenters. The van der Waals surface area contributed by atoms with Crippen molar-refractivity contribution in [1.82, 2.24) is 0 Å². The van der Waals surface area contributed by atoms with Gasteiger partial charge in [0.25, 0.3) is 0 Å². The van der Waals surface area contributed by atoms with Crippen LogP contribution in [0.4, 0.5) is 5.69 Å². The Hall–Kier alpha value is -1.51. The SMILES string of the molecule is Cc1ccc(NC(=O)C2CC(c3ccc(Cl)c(Cl)c3)C(C)C2(C)C)cc1. The van der Waals surface area contributed by atoms with Crippen LogP contribution in [0.15, 0.2) is 42.5 Å². The third-order valence-electron chi connectivity index (χ3n) is 6.17. The molecular formula is C22H25Cl2NO. The molecule has 1 fully saturated rings. The lowest BCUT2D eigenvalue weighted by atomic mass is 9.74. The molecule has 0 heterocycles. The molecular weight excluding hydrogens is 365 g/mol. The molecule has 0 spiro atoms. The topological polar surface area (TPSA) is 29.1 Å². The number of halogens is 2. The molecule has 1 saturated carbocycles. The third kappa shape index (κ3) is 3.63. The Bertz CT molecular complexity index is 813. The standard InChI is InChI=1S/C22H25Cl2NO/c1-13-5-8-16(9-6-13)25-21(26)18-12-17(14(2)22(18,3)4)15-7-10-19(23)20(24)11-15/h5-11,14,17-18H,12H2,1-4H3,(H,25,26). The zero-order valence-electron chi connectivity index (χ0n) is 15.6. The van der Waals surface area contributed by atoms with E-state index in [9.17, 15) is 4.79 Å². The number of hydrogen-bond acceptors (Lipinski definition) is 1. The Morgan fingerprint density at radius 3 is 2.35 bits per heavy atom. The summed E-state index contributed by atoms with van der Waals surface area (Å²) in [6.45, 7) is 8.64. The average molecular weight is 390 g/mol. The summed E-state index contributed by atoms with van der Waals surface area (Å²) in [6, 6.07) is 13.8. The van der Waals surface area contributed by atoms with E-state index in [-0.39, 0.29) is 23.2 Å². The molecule has 2 nitrogen and oxygen atoms in total. The second kappa shape index (κ2) is 7.25. The molecule has 138 valence electrons. The predicted octanol–water partition coefficient (Wildman–Crippen LogP) is 6.71. The highest BCUT2D eigenvalue weighted by atomic mass is 35.5. The smallest absolute Gasteiger partial charge is 0.228 e. The molecule has 1 amide bonds. The molecule has 26 heavy (non-hydrogen) atoms. The number of amides is 1. The maximum absolute atomic E-state index is 13.0. The second-order valence-corrected chi connectivity index (χ2v) is 8.85. The van der Waals surface area contributed by atoms with E-state index in [1.165, 1.54) is 5.56 Å². The van der Waals surface area contributed by atoms with Crippen LogP contribution >= 0.6 is 23.2 Å². The normalized spacial score (nSPS) is 24.5. The van der Waals surface area contributed by atoms with Gasteiger partial charge in [-0.05, 0) is 60.4 Å². The first-order valence-corrected chi connectivity index (χ1v) is 9.78. The number of carbonyl (C=O) groups is 1. The van der Waals surface area contributed by atoms with Crippen molar-refractivity contribution in [2.75, 3.05) is 5.32 Å². The Kier molecular flexibility index (Phi) is 5.37. The van der Waals surface area contributed by atoms with Gasteiger partial charge in [-0.1, -0.05) is 67.7 Å². The van der Waals surface area contributed by atoms with E-state index in [2.05, 4.69) is 26.1 Å². The van der Waals surface area contributed by atoms with E-state index >= 15 is 0 Å². The second-order valence-electron chi connectivity index (χ2n) is 8.03. The van der Waals surface area contributed by atoms with Gasteiger partial charge in [0.15, 0.2) is 0 Å². The van der Waals surface area contributed by atoms with Crippen LogP contribution < -0.4 is 5.32 Å². The Morgan fingerprint density at radius 2 is 1.73 bits per heavy atom. The van der Waals surface area contributed by atoms with Gasteiger partial charge in [0.05, 0.1) is 10.0 Å². The fraction of sp³-hybridized carbons (Fsp3) is 0.409. The fourth-order valence-electron chi connectivity index (χ4n) is 4.08. The van der Waals surface area contributed by atoms with Crippen molar-refractivity contribution < 1.29 is 4.79 Å². The number of anilines is 1. The van der Waals surface area contributed by atoms with Crippen LogP contribution in [0.25, 0.3) is 0 Å². The van der Waals surface area contributed by atoms with Crippen LogP contribution in [0.5, 0.6) is 0 Å². The monoisotopic (exact) mass is 389 g/mol. The molecule has 3 unspecified atom stereocenters. The summed E-state index contributed by atoms with van der Waals surface area (Å²) in [4.78, 5) is 13.0. The number of hydrogen-bond donors (Lipinski definition) is 1. The van der Waals surface area contributed by atoms with Gasteiger partial charge in [-0.15, -0.1) is 0 Å². The molecule has 0 aliphatic heterocycles. The summed E-state index contributed by atoms with van der Waals surface area (Å²) < 4.78 is 0. The largest absolute Gasteiger partial charge is 0.326 e. The maximum Gasteiger partial charge on any atom is 0.228 e. The van der Waals surface area contributed by atoms with Crippen molar-refractivity contribution >= 4 is 34.8 Å². The van der Waals surface area contributed by atoms with Gasteiger partial charge in [-0.2, -0.15) is 0 Å². The van der Waals surface area contributed by atoms with Gasteiger partial charge < -0.3 is 5.32 Å². The van der Waals surface area contributed by atoms with Crippen molar-refractivity contribution in [2.24, 2.45) is 17.3 Å². The molecule has 4 heteroatoms. The van der Waals surface area contributed by atoms with Crippen molar-refractivity contribution in [3.8, 4) is 0 Å². The highest BCUT2D eigenvalue weighted by molar-refractivity contribution is 6.42. The number of carbonyl (C=O) groups excluding carboxylic acids is 1. The minimum atomic E-state index is -0.106. The van der Waals surface area contributed by atoms with Gasteiger partial charge in [-0.3, -0.25) is 4.79 Å². The van der Waals surface area contributed by atoms with Crippen LogP contribution in [0, 0.1) is 24.2 Å². The summed E-state index contributed by atoms with van der Waals surface area (Å²) in [5.74, 6) is 0.675. The molecule has 2 aromatic rings. The number of benzene rings is 2. The van der Waals surface area contributed by atoms with Gasteiger partial charge in [0.1, 0.15) is 0 Å². The maximum atomic E-state index is 13.0. The van der Waals surface area contributed by atoms with E-state index < -0.39 is 0 Å². The molecule has 1 aliphatic carbocycles. The van der Waals surface area contributed by atoms with Gasteiger partial charge in [-0.25, -0.2) is 0 Å². The molecule has 3 rings (SSSR count). The lowest BCUT2D eigenvalue weighted by Crippen LogP contribution is -2.33. The highest BCUT2D eigenvalue weighted by Gasteiger charge is 2.50. The van der Waals surface area contributed by atoms with E-state index in [0.29, 0.717) is 16.0 Å². The molecule has 1 N–H and O–H groups in total. The molecule has 0 saturated heterocycles. The van der Waals surface area contributed by atoms with Gasteiger partial charge in [0, 0.05) is 11.6 Å². The van der Waals surface area contributed by atoms with Crippen LogP contribution in [0.2, 0.25) is 10.0 Å². The summed E-state index contributed by atoms with van der Waals surface area (Å²) >= 11 is 12.3. The van der Waals surface area contributed by atoms with E-state index in [4.69, 9.17) is 23.2 Å². The molecule has 0 aromatic heterocycles. The van der Waals surface area contributed by atoms with Crippen LogP contribution in [0.1, 0.15) is 44.2 Å². The quantitative estimate of drug-likeness (QED) is 0.620. The zero-order valence-corrected chi connectivity index (χ0v) is 17.2. The summed E-state index contributed by atoms with van der Waals surface area (Å²) in [6.07, 6.45) is 0.809. The molecule has 1 aliphatic rings. The number of nitrogens with one attached hydrogen (secondary N) is 1. The summed E-state index contributed by atoms with van der Waals surface area (Å²) in [5.41, 5.74) is 3.08. The Morgan fingerprint density at radius 1 is 1.08 bits per heavy atom. The fourth-order valence-corrected chi connectivity index (χ4v) is 4.38. The minimum absolute atomic E-state index is 0.0572. The van der Waals surface area contributed by atoms with Gasteiger partial charge >= 0.3 is 0 Å². The first-order valence-electron chi connectivity index (χ1n) is 9.02. The molecule has 0 radical (unpaired) electrons.